The van der Waals surface area contributed by atoms with Crippen LogP contribution in [0.15, 0.2) is 48.9 Å². The molecule has 2 atom stereocenters. The van der Waals surface area contributed by atoms with Crippen molar-refractivity contribution in [1.29, 1.82) is 0 Å². The topological polar surface area (TPSA) is 107 Å². The van der Waals surface area contributed by atoms with Crippen LogP contribution in [0.4, 0.5) is 0 Å². The average Bonchev–Trinajstić information content (AvgIpc) is 3.03. The van der Waals surface area contributed by atoms with Crippen molar-refractivity contribution < 1.29 is 9.90 Å². The predicted octanol–water partition coefficient (Wildman–Crippen LogP) is 2.04. The molecule has 2 bridgehead atoms. The molecule has 3 N–H and O–H groups in total. The maximum Gasteiger partial charge on any atom is 0.268 e. The molecule has 7 nitrogen and oxygen atoms in total. The summed E-state index contributed by atoms with van der Waals surface area (Å²) in [6, 6.07) is 7.70. The Hall–Kier alpha value is -3.76. The zero-order valence-electron chi connectivity index (χ0n) is 15.6. The van der Waals surface area contributed by atoms with Gasteiger partial charge in [0.25, 0.3) is 5.91 Å². The van der Waals surface area contributed by atoms with E-state index in [0.717, 1.165) is 23.1 Å². The number of benzene rings is 1. The van der Waals surface area contributed by atoms with Gasteiger partial charge < -0.3 is 15.4 Å². The molecule has 142 valence electrons. The van der Waals surface area contributed by atoms with Gasteiger partial charge in [0.2, 0.25) is 0 Å². The maximum absolute atomic E-state index is 11.6. The summed E-state index contributed by atoms with van der Waals surface area (Å²) in [5, 5.41) is 10.6. The van der Waals surface area contributed by atoms with Crippen molar-refractivity contribution in [3.05, 3.63) is 71.6 Å². The highest BCUT2D eigenvalue weighted by Crippen LogP contribution is 2.46. The standard InChI is InChI=1S/C22H17N5O2/c1-22(29,21-24-7-2-8-25-21)6-5-13-3-4-16-14-10-15(11-14)27-12-18(19(23)28)26-20(27)17(16)9-13/h2-4,7-10,12,15,29H,11H2,1H3,(H2,23,28). The fourth-order valence-electron chi connectivity index (χ4n) is 3.65. The first kappa shape index (κ1) is 17.3. The van der Waals surface area contributed by atoms with Gasteiger partial charge in [-0.2, -0.15) is 0 Å². The maximum atomic E-state index is 11.6. The second-order valence-electron chi connectivity index (χ2n) is 7.34. The Balaban J connectivity index is 1.58. The fourth-order valence-corrected chi connectivity index (χ4v) is 3.65. The summed E-state index contributed by atoms with van der Waals surface area (Å²) in [6.45, 7) is 1.56. The quantitative estimate of drug-likeness (QED) is 0.659. The van der Waals surface area contributed by atoms with Crippen LogP contribution in [0.3, 0.4) is 0 Å². The van der Waals surface area contributed by atoms with Gasteiger partial charge in [-0.15, -0.1) is 0 Å². The number of amides is 1. The van der Waals surface area contributed by atoms with Gasteiger partial charge in [0.05, 0.1) is 6.04 Å². The molecule has 1 aliphatic carbocycles. The summed E-state index contributed by atoms with van der Waals surface area (Å²) in [7, 11) is 0. The van der Waals surface area contributed by atoms with Gasteiger partial charge in [0.15, 0.2) is 11.4 Å². The minimum Gasteiger partial charge on any atom is -0.371 e. The number of carbonyl (C=O) groups is 1. The second-order valence-corrected chi connectivity index (χ2v) is 7.34. The van der Waals surface area contributed by atoms with Crippen LogP contribution in [-0.2, 0) is 5.60 Å². The SMILES string of the molecule is CC(O)(C#Cc1ccc2c(c1)-c1nc(C(N)=O)cn1C1C=C2C1)c1ncccn1. The molecule has 2 aromatic heterocycles. The van der Waals surface area contributed by atoms with Gasteiger partial charge >= 0.3 is 0 Å². The van der Waals surface area contributed by atoms with Crippen LogP contribution in [0, 0.1) is 11.8 Å². The van der Waals surface area contributed by atoms with Crippen LogP contribution in [0.5, 0.6) is 0 Å². The predicted molar refractivity (Wildman–Crippen MR) is 106 cm³/mol. The Bertz CT molecular complexity index is 1250. The van der Waals surface area contributed by atoms with E-state index in [1.165, 1.54) is 5.57 Å². The van der Waals surface area contributed by atoms with Crippen molar-refractivity contribution in [2.45, 2.75) is 25.0 Å². The van der Waals surface area contributed by atoms with Crippen molar-refractivity contribution in [2.75, 3.05) is 0 Å². The molecule has 3 aliphatic rings. The number of imidazole rings is 1. The zero-order chi connectivity index (χ0) is 20.2. The third-order valence-corrected chi connectivity index (χ3v) is 5.22. The largest absolute Gasteiger partial charge is 0.371 e. The Morgan fingerprint density at radius 2 is 2.07 bits per heavy atom. The van der Waals surface area contributed by atoms with Gasteiger partial charge in [-0.3, -0.25) is 4.79 Å². The molecule has 0 saturated heterocycles. The van der Waals surface area contributed by atoms with E-state index in [-0.39, 0.29) is 17.6 Å². The molecule has 0 radical (unpaired) electrons. The minimum atomic E-state index is -1.48. The third-order valence-electron chi connectivity index (χ3n) is 5.22. The minimum absolute atomic E-state index is 0.179. The van der Waals surface area contributed by atoms with Gasteiger partial charge in [-0.25, -0.2) is 15.0 Å². The van der Waals surface area contributed by atoms with Crippen molar-refractivity contribution >= 4 is 11.5 Å². The molecular weight excluding hydrogens is 366 g/mol. The fraction of sp³-hybridized carbons (Fsp3) is 0.182. The van der Waals surface area contributed by atoms with Crippen LogP contribution in [0.2, 0.25) is 0 Å². The summed E-state index contributed by atoms with van der Waals surface area (Å²) in [5.41, 5.74) is 8.14. The van der Waals surface area contributed by atoms with E-state index in [0.29, 0.717) is 5.82 Å². The molecule has 4 heterocycles. The van der Waals surface area contributed by atoms with Gasteiger partial charge in [0.1, 0.15) is 11.5 Å². The normalized spacial score (nSPS) is 18.0. The molecule has 7 heteroatoms. The highest BCUT2D eigenvalue weighted by Gasteiger charge is 2.32. The summed E-state index contributed by atoms with van der Waals surface area (Å²) < 4.78 is 1.99. The third kappa shape index (κ3) is 2.82. The van der Waals surface area contributed by atoms with E-state index >= 15 is 0 Å². The first-order valence-electron chi connectivity index (χ1n) is 9.19. The monoisotopic (exact) mass is 383 g/mol. The Kier molecular flexibility index (Phi) is 3.66. The Morgan fingerprint density at radius 1 is 1.31 bits per heavy atom. The number of hydrogen-bond acceptors (Lipinski definition) is 5. The van der Waals surface area contributed by atoms with E-state index in [1.807, 2.05) is 22.8 Å². The first-order valence-corrected chi connectivity index (χ1v) is 9.19. The summed E-state index contributed by atoms with van der Waals surface area (Å²) in [5.74, 6) is 6.26. The first-order chi connectivity index (χ1) is 13.9. The van der Waals surface area contributed by atoms with Crippen molar-refractivity contribution in [3.8, 4) is 23.2 Å². The zero-order valence-corrected chi connectivity index (χ0v) is 15.6. The van der Waals surface area contributed by atoms with Gasteiger partial charge in [-0.05, 0) is 42.7 Å². The molecule has 2 aliphatic heterocycles. The Morgan fingerprint density at radius 3 is 2.79 bits per heavy atom. The van der Waals surface area contributed by atoms with E-state index in [2.05, 4.69) is 32.9 Å². The number of carbonyl (C=O) groups excluding carboxylic acids is 1. The Labute approximate surface area is 167 Å². The number of allylic oxidation sites excluding steroid dienone is 2. The lowest BCUT2D eigenvalue weighted by atomic mass is 9.86. The lowest BCUT2D eigenvalue weighted by Gasteiger charge is -2.24. The summed E-state index contributed by atoms with van der Waals surface area (Å²) in [4.78, 5) is 24.2. The number of nitrogens with zero attached hydrogens (tertiary/aromatic N) is 4. The van der Waals surface area contributed by atoms with Gasteiger partial charge in [0, 0.05) is 29.7 Å². The average molecular weight is 383 g/mol. The smallest absolute Gasteiger partial charge is 0.268 e. The second kappa shape index (κ2) is 6.12. The number of aromatic nitrogens is 4. The number of primary amides is 1. The van der Waals surface area contributed by atoms with E-state index in [4.69, 9.17) is 5.73 Å². The number of hydrogen-bond donors (Lipinski definition) is 2. The number of nitrogens with two attached hydrogens (primary N) is 1. The van der Waals surface area contributed by atoms with E-state index in [1.54, 1.807) is 31.6 Å². The molecule has 6 rings (SSSR count). The van der Waals surface area contributed by atoms with Crippen LogP contribution < -0.4 is 5.73 Å². The highest BCUT2D eigenvalue weighted by molar-refractivity contribution is 5.92. The van der Waals surface area contributed by atoms with E-state index in [9.17, 15) is 9.90 Å². The van der Waals surface area contributed by atoms with Crippen LogP contribution in [-0.4, -0.2) is 30.5 Å². The molecule has 0 spiro atoms. The van der Waals surface area contributed by atoms with Crippen LogP contribution in [0.25, 0.3) is 17.0 Å². The molecule has 0 fully saturated rings. The van der Waals surface area contributed by atoms with Gasteiger partial charge in [-0.1, -0.05) is 24.0 Å². The number of aliphatic hydroxyl groups is 1. The van der Waals surface area contributed by atoms with Crippen LogP contribution in [0.1, 0.15) is 46.8 Å². The molecule has 1 aromatic carbocycles. The summed E-state index contributed by atoms with van der Waals surface area (Å²) >= 11 is 0. The molecule has 0 saturated carbocycles. The highest BCUT2D eigenvalue weighted by atomic mass is 16.3. The molecular formula is C22H17N5O2. The van der Waals surface area contributed by atoms with E-state index < -0.39 is 11.5 Å². The molecule has 1 amide bonds. The van der Waals surface area contributed by atoms with Crippen molar-refractivity contribution in [3.63, 3.8) is 0 Å². The summed E-state index contributed by atoms with van der Waals surface area (Å²) in [6.07, 6.45) is 7.90. The lowest BCUT2D eigenvalue weighted by Crippen LogP contribution is -2.21. The molecule has 29 heavy (non-hydrogen) atoms. The molecule has 3 aromatic rings. The van der Waals surface area contributed by atoms with Crippen LogP contribution >= 0.6 is 0 Å². The molecule has 2 unspecified atom stereocenters. The lowest BCUT2D eigenvalue weighted by molar-refractivity contribution is 0.0995. The van der Waals surface area contributed by atoms with Crippen molar-refractivity contribution in [1.82, 2.24) is 19.5 Å². The van der Waals surface area contributed by atoms with Crippen molar-refractivity contribution in [2.24, 2.45) is 5.73 Å². The number of rotatable bonds is 2.